The topological polar surface area (TPSA) is 38.8 Å². The molecule has 4 nitrogen and oxygen atoms in total. The molecule has 4 heteroatoms. The Hall–Kier alpha value is -2.49. The predicted octanol–water partition coefficient (Wildman–Crippen LogP) is 5.11. The van der Waals surface area contributed by atoms with Gasteiger partial charge in [-0.1, -0.05) is 37.5 Å². The minimum absolute atomic E-state index is 0.196. The van der Waals surface area contributed by atoms with E-state index in [-0.39, 0.29) is 5.91 Å². The number of carbonyl (C=O) groups excluding carboxylic acids is 1. The molecule has 0 N–H and O–H groups in total. The number of hydrogen-bond acceptors (Lipinski definition) is 3. The summed E-state index contributed by atoms with van der Waals surface area (Å²) in [4.78, 5) is 15.2. The van der Waals surface area contributed by atoms with E-state index in [1.54, 1.807) is 0 Å². The molecule has 1 heterocycles. The van der Waals surface area contributed by atoms with Crippen molar-refractivity contribution < 1.29 is 14.3 Å². The third-order valence-electron chi connectivity index (χ3n) is 6.04. The summed E-state index contributed by atoms with van der Waals surface area (Å²) in [5.41, 5.74) is 1.97. The van der Waals surface area contributed by atoms with Crippen molar-refractivity contribution >= 4 is 5.91 Å². The number of ether oxygens (including phenoxy) is 2. The van der Waals surface area contributed by atoms with E-state index < -0.39 is 0 Å². The van der Waals surface area contributed by atoms with Crippen LogP contribution in [0.25, 0.3) is 0 Å². The smallest absolute Gasteiger partial charge is 0.254 e. The van der Waals surface area contributed by atoms with Gasteiger partial charge in [0.15, 0.2) is 0 Å². The molecule has 1 aliphatic heterocycles. The fourth-order valence-electron chi connectivity index (χ4n) is 4.50. The van der Waals surface area contributed by atoms with Crippen molar-refractivity contribution in [2.24, 2.45) is 5.92 Å². The second-order valence-corrected chi connectivity index (χ2v) is 8.19. The molecule has 2 aromatic rings. The second-order valence-electron chi connectivity index (χ2n) is 8.19. The van der Waals surface area contributed by atoms with Crippen molar-refractivity contribution in [1.82, 2.24) is 4.90 Å². The lowest BCUT2D eigenvalue weighted by molar-refractivity contribution is 0.0719. The Morgan fingerprint density at radius 1 is 0.862 bits per heavy atom. The largest absolute Gasteiger partial charge is 0.490 e. The highest BCUT2D eigenvalue weighted by molar-refractivity contribution is 5.96. The minimum atomic E-state index is 0.196. The van der Waals surface area contributed by atoms with Crippen LogP contribution in [0.2, 0.25) is 0 Å². The first-order chi connectivity index (χ1) is 14.3. The predicted molar refractivity (Wildman–Crippen MR) is 115 cm³/mol. The van der Waals surface area contributed by atoms with Gasteiger partial charge in [0.1, 0.15) is 24.7 Å². The molecule has 0 saturated heterocycles. The Kier molecular flexibility index (Phi) is 6.71. The maximum Gasteiger partial charge on any atom is 0.254 e. The molecule has 154 valence electrons. The lowest BCUT2D eigenvalue weighted by atomic mass is 9.89. The van der Waals surface area contributed by atoms with Crippen LogP contribution in [0.15, 0.2) is 48.5 Å². The van der Waals surface area contributed by atoms with Crippen LogP contribution in [0.5, 0.6) is 11.5 Å². The summed E-state index contributed by atoms with van der Waals surface area (Å²) in [6, 6.07) is 15.7. The van der Waals surface area contributed by atoms with E-state index in [0.29, 0.717) is 19.1 Å². The first-order valence-corrected chi connectivity index (χ1v) is 11.0. The molecule has 0 aromatic heterocycles. The number of aryl methyl sites for hydroxylation is 1. The fraction of sp³-hybridized carbons (Fsp3) is 0.480. The van der Waals surface area contributed by atoms with E-state index in [4.69, 9.17) is 9.47 Å². The second kappa shape index (κ2) is 9.82. The SMILES string of the molecule is O=C1c2ccc(OCCOc3ccccc3)cc2CCCN1CC1CCCCC1. The number of amides is 1. The summed E-state index contributed by atoms with van der Waals surface area (Å²) in [6.07, 6.45) is 8.48. The third kappa shape index (κ3) is 5.31. The lowest BCUT2D eigenvalue weighted by Gasteiger charge is -2.29. The van der Waals surface area contributed by atoms with Crippen molar-refractivity contribution in [3.05, 3.63) is 59.7 Å². The van der Waals surface area contributed by atoms with E-state index in [9.17, 15) is 4.79 Å². The van der Waals surface area contributed by atoms with Crippen LogP contribution in [-0.4, -0.2) is 37.1 Å². The summed E-state index contributed by atoms with van der Waals surface area (Å²) in [5, 5.41) is 0. The fourth-order valence-corrected chi connectivity index (χ4v) is 4.50. The van der Waals surface area contributed by atoms with Crippen molar-refractivity contribution in [1.29, 1.82) is 0 Å². The van der Waals surface area contributed by atoms with Crippen LogP contribution >= 0.6 is 0 Å². The summed E-state index contributed by atoms with van der Waals surface area (Å²) in [6.45, 7) is 2.77. The number of para-hydroxylation sites is 1. The van der Waals surface area contributed by atoms with Crippen LogP contribution < -0.4 is 9.47 Å². The molecule has 1 amide bonds. The molecular weight excluding hydrogens is 362 g/mol. The maximum absolute atomic E-state index is 13.1. The molecule has 0 radical (unpaired) electrons. The summed E-state index contributed by atoms with van der Waals surface area (Å²) >= 11 is 0. The van der Waals surface area contributed by atoms with Crippen LogP contribution in [-0.2, 0) is 6.42 Å². The zero-order valence-corrected chi connectivity index (χ0v) is 17.1. The molecule has 0 atom stereocenters. The van der Waals surface area contributed by atoms with Gasteiger partial charge in [-0.05, 0) is 67.5 Å². The summed E-state index contributed by atoms with van der Waals surface area (Å²) < 4.78 is 11.5. The molecule has 29 heavy (non-hydrogen) atoms. The highest BCUT2D eigenvalue weighted by Crippen LogP contribution is 2.28. The number of benzene rings is 2. The lowest BCUT2D eigenvalue weighted by Crippen LogP contribution is -2.36. The Morgan fingerprint density at radius 2 is 1.62 bits per heavy atom. The van der Waals surface area contributed by atoms with Gasteiger partial charge >= 0.3 is 0 Å². The van der Waals surface area contributed by atoms with Gasteiger partial charge in [0.25, 0.3) is 5.91 Å². The van der Waals surface area contributed by atoms with E-state index in [1.165, 1.54) is 32.1 Å². The molecule has 2 aliphatic rings. The quantitative estimate of drug-likeness (QED) is 0.614. The Morgan fingerprint density at radius 3 is 2.41 bits per heavy atom. The van der Waals surface area contributed by atoms with Gasteiger partial charge in [0, 0.05) is 18.7 Å². The molecule has 2 aromatic carbocycles. The Bertz CT molecular complexity index is 799. The molecule has 1 aliphatic carbocycles. The van der Waals surface area contributed by atoms with E-state index in [1.807, 2.05) is 48.5 Å². The average molecular weight is 394 g/mol. The number of rotatable bonds is 7. The van der Waals surface area contributed by atoms with Crippen molar-refractivity contribution in [2.75, 3.05) is 26.3 Å². The Balaban J connectivity index is 1.33. The molecule has 1 saturated carbocycles. The highest BCUT2D eigenvalue weighted by Gasteiger charge is 2.25. The highest BCUT2D eigenvalue weighted by atomic mass is 16.5. The van der Waals surface area contributed by atoms with E-state index >= 15 is 0 Å². The van der Waals surface area contributed by atoms with Crippen LogP contribution in [0.4, 0.5) is 0 Å². The molecule has 0 spiro atoms. The first kappa shape index (κ1) is 19.8. The molecule has 0 bridgehead atoms. The van der Waals surface area contributed by atoms with Crippen LogP contribution in [0.3, 0.4) is 0 Å². The zero-order chi connectivity index (χ0) is 19.9. The zero-order valence-electron chi connectivity index (χ0n) is 17.1. The molecule has 0 unspecified atom stereocenters. The van der Waals surface area contributed by atoms with Crippen molar-refractivity contribution in [3.8, 4) is 11.5 Å². The van der Waals surface area contributed by atoms with Crippen LogP contribution in [0.1, 0.15) is 54.4 Å². The van der Waals surface area contributed by atoms with Gasteiger partial charge in [-0.15, -0.1) is 0 Å². The van der Waals surface area contributed by atoms with E-state index in [0.717, 1.165) is 48.6 Å². The summed E-state index contributed by atoms with van der Waals surface area (Å²) in [7, 11) is 0. The normalized spacial score (nSPS) is 17.5. The maximum atomic E-state index is 13.1. The summed E-state index contributed by atoms with van der Waals surface area (Å²) in [5.74, 6) is 2.54. The number of hydrogen-bond donors (Lipinski definition) is 0. The van der Waals surface area contributed by atoms with Gasteiger partial charge in [-0.3, -0.25) is 4.79 Å². The van der Waals surface area contributed by atoms with Crippen molar-refractivity contribution in [3.63, 3.8) is 0 Å². The van der Waals surface area contributed by atoms with Crippen molar-refractivity contribution in [2.45, 2.75) is 44.9 Å². The molecule has 4 rings (SSSR count). The monoisotopic (exact) mass is 393 g/mol. The van der Waals surface area contributed by atoms with Gasteiger partial charge < -0.3 is 14.4 Å². The van der Waals surface area contributed by atoms with Gasteiger partial charge in [-0.25, -0.2) is 0 Å². The first-order valence-electron chi connectivity index (χ1n) is 11.0. The standard InChI is InChI=1S/C25H31NO3/c27-25-24-14-13-23(29-17-16-28-22-11-5-2-6-12-22)18-21(24)10-7-15-26(25)19-20-8-3-1-4-9-20/h2,5-6,11-14,18,20H,1,3-4,7-10,15-17,19H2. The average Bonchev–Trinajstić information content (AvgIpc) is 2.91. The van der Waals surface area contributed by atoms with Gasteiger partial charge in [-0.2, -0.15) is 0 Å². The third-order valence-corrected chi connectivity index (χ3v) is 6.04. The number of nitrogens with zero attached hydrogens (tertiary/aromatic N) is 1. The molecule has 1 fully saturated rings. The van der Waals surface area contributed by atoms with Gasteiger partial charge in [0.2, 0.25) is 0 Å². The Labute approximate surface area is 173 Å². The van der Waals surface area contributed by atoms with Crippen LogP contribution in [0, 0.1) is 5.92 Å². The number of carbonyl (C=O) groups is 1. The van der Waals surface area contributed by atoms with E-state index in [2.05, 4.69) is 4.90 Å². The minimum Gasteiger partial charge on any atom is -0.490 e. The molecular formula is C25H31NO3. The van der Waals surface area contributed by atoms with Gasteiger partial charge in [0.05, 0.1) is 0 Å². The number of fused-ring (bicyclic) bond motifs is 1.